The number of anilines is 1. The van der Waals surface area contributed by atoms with Gasteiger partial charge in [-0.3, -0.25) is 9.38 Å². The van der Waals surface area contributed by atoms with E-state index in [1.807, 2.05) is 18.3 Å². The Morgan fingerprint density at radius 3 is 2.33 bits per heavy atom. The van der Waals surface area contributed by atoms with Crippen LogP contribution in [0.1, 0.15) is 16.8 Å². The fraction of sp³-hybridized carbons (Fsp3) is 0.100. The molecule has 0 bridgehead atoms. The molecule has 4 nitrogen and oxygen atoms in total. The molecule has 0 saturated carbocycles. The lowest BCUT2D eigenvalue weighted by molar-refractivity contribution is 1.05. The van der Waals surface area contributed by atoms with E-state index in [2.05, 4.69) is 63.2 Å². The number of hydrogen-bond acceptors (Lipinski definition) is 3. The normalized spacial score (nSPS) is 10.8. The van der Waals surface area contributed by atoms with E-state index in [1.54, 1.807) is 12.4 Å². The van der Waals surface area contributed by atoms with Crippen LogP contribution in [0.5, 0.6) is 0 Å². The average molecular weight is 314 g/mol. The molecule has 2 heterocycles. The molecule has 118 valence electrons. The third-order valence-corrected chi connectivity index (χ3v) is 4.02. The maximum absolute atomic E-state index is 4.76. The third-order valence-electron chi connectivity index (χ3n) is 4.02. The second-order valence-corrected chi connectivity index (χ2v) is 5.71. The number of nitrogens with one attached hydrogen (secondary N) is 1. The van der Waals surface area contributed by atoms with Gasteiger partial charge in [-0.1, -0.05) is 60.7 Å². The van der Waals surface area contributed by atoms with Gasteiger partial charge in [-0.2, -0.15) is 0 Å². The summed E-state index contributed by atoms with van der Waals surface area (Å²) in [6.07, 6.45) is 6.32. The van der Waals surface area contributed by atoms with Crippen LogP contribution in [-0.4, -0.2) is 14.4 Å². The summed E-state index contributed by atoms with van der Waals surface area (Å²) in [5.74, 6) is 1.03. The highest BCUT2D eigenvalue weighted by atomic mass is 15.1. The van der Waals surface area contributed by atoms with Crippen LogP contribution < -0.4 is 5.32 Å². The van der Waals surface area contributed by atoms with Crippen LogP contribution in [0.3, 0.4) is 0 Å². The summed E-state index contributed by atoms with van der Waals surface area (Å²) in [6, 6.07) is 20.8. The molecule has 0 spiro atoms. The van der Waals surface area contributed by atoms with Crippen LogP contribution in [0.4, 0.5) is 5.82 Å². The number of imidazole rings is 1. The Morgan fingerprint density at radius 1 is 0.875 bits per heavy atom. The van der Waals surface area contributed by atoms with Crippen molar-refractivity contribution in [3.05, 3.63) is 96.1 Å². The van der Waals surface area contributed by atoms with Crippen molar-refractivity contribution in [2.24, 2.45) is 0 Å². The first-order valence-electron chi connectivity index (χ1n) is 8.03. The first kappa shape index (κ1) is 14.5. The number of fused-ring (bicyclic) bond motifs is 1. The highest BCUT2D eigenvalue weighted by Gasteiger charge is 2.12. The van der Waals surface area contributed by atoms with E-state index >= 15 is 0 Å². The number of aromatic nitrogens is 3. The van der Waals surface area contributed by atoms with Crippen molar-refractivity contribution in [3.63, 3.8) is 0 Å². The number of nitrogens with zero attached hydrogens (tertiary/aromatic N) is 3. The predicted octanol–water partition coefficient (Wildman–Crippen LogP) is 3.93. The van der Waals surface area contributed by atoms with Gasteiger partial charge in [-0.05, 0) is 11.1 Å². The van der Waals surface area contributed by atoms with Crippen LogP contribution in [0, 0.1) is 0 Å². The fourth-order valence-electron chi connectivity index (χ4n) is 2.84. The summed E-state index contributed by atoms with van der Waals surface area (Å²) in [6.45, 7) is 0.763. The van der Waals surface area contributed by atoms with Crippen molar-refractivity contribution in [2.75, 3.05) is 5.32 Å². The smallest absolute Gasteiger partial charge is 0.157 e. The highest BCUT2D eigenvalue weighted by Crippen LogP contribution is 2.21. The number of rotatable bonds is 5. The molecule has 0 fully saturated rings. The zero-order chi connectivity index (χ0) is 16.2. The third kappa shape index (κ3) is 2.99. The minimum atomic E-state index is 0.763. The van der Waals surface area contributed by atoms with Crippen molar-refractivity contribution in [3.8, 4) is 0 Å². The van der Waals surface area contributed by atoms with Gasteiger partial charge in [-0.25, -0.2) is 4.98 Å². The lowest BCUT2D eigenvalue weighted by Crippen LogP contribution is -2.05. The molecular weight excluding hydrogens is 296 g/mol. The first-order chi connectivity index (χ1) is 11.9. The van der Waals surface area contributed by atoms with Crippen LogP contribution in [0.15, 0.2) is 79.3 Å². The molecule has 0 unspecified atom stereocenters. The molecule has 0 atom stereocenters. The fourth-order valence-corrected chi connectivity index (χ4v) is 2.84. The van der Waals surface area contributed by atoms with E-state index < -0.39 is 0 Å². The molecule has 0 amide bonds. The standard InChI is InChI=1S/C20H18N4/c1-3-7-16(8-4-1)13-18-20(22-14-17-9-5-2-6-10-17)24-12-11-21-15-19(24)23-18/h1-12,15,22H,13-14H2. The van der Waals surface area contributed by atoms with Gasteiger partial charge < -0.3 is 5.32 Å². The van der Waals surface area contributed by atoms with Crippen LogP contribution in [-0.2, 0) is 13.0 Å². The zero-order valence-corrected chi connectivity index (χ0v) is 13.3. The topological polar surface area (TPSA) is 42.2 Å². The molecule has 2 aromatic carbocycles. The van der Waals surface area contributed by atoms with E-state index in [0.29, 0.717) is 0 Å². The summed E-state index contributed by atoms with van der Waals surface area (Å²) >= 11 is 0. The average Bonchev–Trinajstić information content (AvgIpc) is 2.99. The van der Waals surface area contributed by atoms with Crippen LogP contribution in [0.25, 0.3) is 5.65 Å². The Labute approximate surface area is 140 Å². The molecule has 1 N–H and O–H groups in total. The summed E-state index contributed by atoms with van der Waals surface area (Å²) in [7, 11) is 0. The minimum absolute atomic E-state index is 0.763. The maximum Gasteiger partial charge on any atom is 0.157 e. The summed E-state index contributed by atoms with van der Waals surface area (Å²) in [5.41, 5.74) is 4.38. The molecule has 4 aromatic rings. The largest absolute Gasteiger partial charge is 0.366 e. The summed E-state index contributed by atoms with van der Waals surface area (Å²) in [4.78, 5) is 8.94. The molecule has 4 rings (SSSR count). The lowest BCUT2D eigenvalue weighted by Gasteiger charge is -2.09. The number of hydrogen-bond donors (Lipinski definition) is 1. The lowest BCUT2D eigenvalue weighted by atomic mass is 10.1. The van der Waals surface area contributed by atoms with Crippen molar-refractivity contribution in [1.29, 1.82) is 0 Å². The molecule has 0 aliphatic rings. The van der Waals surface area contributed by atoms with E-state index in [9.17, 15) is 0 Å². The Balaban J connectivity index is 1.67. The maximum atomic E-state index is 4.76. The SMILES string of the molecule is c1ccc(CNc2c(Cc3ccccc3)nc3cnccn23)cc1. The molecule has 4 heteroatoms. The molecule has 24 heavy (non-hydrogen) atoms. The van der Waals surface area contributed by atoms with Crippen molar-refractivity contribution in [1.82, 2.24) is 14.4 Å². The van der Waals surface area contributed by atoms with Crippen molar-refractivity contribution < 1.29 is 0 Å². The van der Waals surface area contributed by atoms with Gasteiger partial charge in [0.25, 0.3) is 0 Å². The Hall–Kier alpha value is -3.14. The van der Waals surface area contributed by atoms with Crippen molar-refractivity contribution in [2.45, 2.75) is 13.0 Å². The van der Waals surface area contributed by atoms with E-state index in [-0.39, 0.29) is 0 Å². The Kier molecular flexibility index (Phi) is 3.94. The zero-order valence-electron chi connectivity index (χ0n) is 13.3. The summed E-state index contributed by atoms with van der Waals surface area (Å²) < 4.78 is 2.06. The van der Waals surface area contributed by atoms with Crippen LogP contribution >= 0.6 is 0 Å². The molecule has 2 aromatic heterocycles. The molecular formula is C20H18N4. The second kappa shape index (κ2) is 6.54. The van der Waals surface area contributed by atoms with Crippen molar-refractivity contribution >= 4 is 11.5 Å². The van der Waals surface area contributed by atoms with Gasteiger partial charge in [0.05, 0.1) is 11.9 Å². The van der Waals surface area contributed by atoms with E-state index in [4.69, 9.17) is 4.98 Å². The molecule has 0 aliphatic heterocycles. The quantitative estimate of drug-likeness (QED) is 0.607. The highest BCUT2D eigenvalue weighted by molar-refractivity contribution is 5.55. The Bertz CT molecular complexity index is 930. The van der Waals surface area contributed by atoms with Gasteiger partial charge in [0.2, 0.25) is 0 Å². The van der Waals surface area contributed by atoms with Crippen LogP contribution in [0.2, 0.25) is 0 Å². The summed E-state index contributed by atoms with van der Waals surface area (Å²) in [5, 5.41) is 3.55. The van der Waals surface area contributed by atoms with Gasteiger partial charge in [0, 0.05) is 25.4 Å². The monoisotopic (exact) mass is 314 g/mol. The van der Waals surface area contributed by atoms with E-state index in [0.717, 1.165) is 30.1 Å². The minimum Gasteiger partial charge on any atom is -0.366 e. The first-order valence-corrected chi connectivity index (χ1v) is 8.03. The van der Waals surface area contributed by atoms with Gasteiger partial charge in [0.1, 0.15) is 5.82 Å². The van der Waals surface area contributed by atoms with E-state index in [1.165, 1.54) is 11.1 Å². The van der Waals surface area contributed by atoms with Gasteiger partial charge >= 0.3 is 0 Å². The van der Waals surface area contributed by atoms with Gasteiger partial charge in [0.15, 0.2) is 5.65 Å². The Morgan fingerprint density at radius 2 is 1.58 bits per heavy atom. The predicted molar refractivity (Wildman–Crippen MR) is 96.0 cm³/mol. The molecule has 0 saturated heterocycles. The second-order valence-electron chi connectivity index (χ2n) is 5.71. The molecule has 0 radical (unpaired) electrons. The van der Waals surface area contributed by atoms with Gasteiger partial charge in [-0.15, -0.1) is 0 Å². The number of benzene rings is 2. The molecule has 0 aliphatic carbocycles.